The molecule has 22 heavy (non-hydrogen) atoms. The van der Waals surface area contributed by atoms with E-state index in [1.807, 2.05) is 48.5 Å². The third kappa shape index (κ3) is 2.61. The zero-order valence-electron chi connectivity index (χ0n) is 11.8. The molecule has 0 aromatic heterocycles. The van der Waals surface area contributed by atoms with Crippen LogP contribution in [0.3, 0.4) is 0 Å². The number of rotatable bonds is 3. The topological polar surface area (TPSA) is 63.4 Å². The number of anilines is 1. The van der Waals surface area contributed by atoms with E-state index >= 15 is 0 Å². The summed E-state index contributed by atoms with van der Waals surface area (Å²) in [6.07, 6.45) is 1.82. The highest BCUT2D eigenvalue weighted by Gasteiger charge is 2.29. The van der Waals surface area contributed by atoms with E-state index in [1.165, 1.54) is 5.01 Å². The van der Waals surface area contributed by atoms with Gasteiger partial charge < -0.3 is 9.90 Å². The minimum absolute atomic E-state index is 0.0756. The maximum Gasteiger partial charge on any atom is 0.245 e. The van der Waals surface area contributed by atoms with E-state index in [0.29, 0.717) is 10.6 Å². The number of hydrogen-bond donors (Lipinski definition) is 0. The van der Waals surface area contributed by atoms with Crippen molar-refractivity contribution < 1.29 is 14.8 Å². The van der Waals surface area contributed by atoms with Gasteiger partial charge in [0.2, 0.25) is 6.54 Å². The number of fused-ring (bicyclic) bond motifs is 1. The van der Waals surface area contributed by atoms with Gasteiger partial charge in [-0.2, -0.15) is 0 Å². The van der Waals surface area contributed by atoms with Crippen molar-refractivity contribution in [3.63, 3.8) is 0 Å². The Morgan fingerprint density at radius 3 is 2.50 bits per heavy atom. The molecular formula is C17H14N2O3. The molecule has 1 heterocycles. The number of benzene rings is 2. The number of carbonyl (C=O) groups is 1. The number of nitroso groups, excluding NO2 is 1. The lowest BCUT2D eigenvalue weighted by Gasteiger charge is -2.17. The Balaban J connectivity index is 2.14. The van der Waals surface area contributed by atoms with Crippen LogP contribution in [0.25, 0.3) is 5.57 Å². The standard InChI is InChI=1S/C17H14N2O3/c20-17(21)12-18-16-9-5-4-8-15(16)14(10-11-19(18)22)13-6-2-1-3-7-13/h1-10H,11-12H2. The van der Waals surface area contributed by atoms with Gasteiger partial charge in [-0.15, -0.1) is 5.01 Å². The van der Waals surface area contributed by atoms with Crippen molar-refractivity contribution in [3.05, 3.63) is 76.7 Å². The normalized spacial score (nSPS) is 14.1. The van der Waals surface area contributed by atoms with Gasteiger partial charge in [-0.3, -0.25) is 0 Å². The molecule has 3 rings (SSSR count). The smallest absolute Gasteiger partial charge is 0.245 e. The molecule has 1 aliphatic rings. The van der Waals surface area contributed by atoms with E-state index < -0.39 is 12.5 Å². The molecule has 0 bridgehead atoms. The predicted molar refractivity (Wildman–Crippen MR) is 80.8 cm³/mol. The molecule has 0 fully saturated rings. The van der Waals surface area contributed by atoms with E-state index in [4.69, 9.17) is 0 Å². The first-order valence-corrected chi connectivity index (χ1v) is 6.94. The summed E-state index contributed by atoms with van der Waals surface area (Å²) in [7, 11) is 0. The zero-order valence-corrected chi connectivity index (χ0v) is 11.8. The molecule has 0 radical (unpaired) electrons. The summed E-state index contributed by atoms with van der Waals surface area (Å²) in [6.45, 7) is -0.400. The lowest BCUT2D eigenvalue weighted by Crippen LogP contribution is -2.43. The monoisotopic (exact) mass is 294 g/mol. The van der Waals surface area contributed by atoms with Crippen LogP contribution in [0, 0.1) is 4.91 Å². The second-order valence-corrected chi connectivity index (χ2v) is 4.97. The average Bonchev–Trinajstić information content (AvgIpc) is 2.66. The van der Waals surface area contributed by atoms with Gasteiger partial charge in [-0.05, 0) is 23.3 Å². The highest BCUT2D eigenvalue weighted by molar-refractivity contribution is 5.87. The van der Waals surface area contributed by atoms with Gasteiger partial charge in [0.05, 0.1) is 10.9 Å². The summed E-state index contributed by atoms with van der Waals surface area (Å²) in [6, 6.07) is 17.0. The molecule has 1 aliphatic heterocycles. The number of aliphatic carboxylic acids is 1. The molecule has 5 heteroatoms. The van der Waals surface area contributed by atoms with Crippen LogP contribution in [-0.2, 0) is 4.79 Å². The fraction of sp³-hybridized carbons (Fsp3) is 0.118. The number of carbonyl (C=O) groups excluding carboxylic acids is 1. The van der Waals surface area contributed by atoms with Gasteiger partial charge in [0.1, 0.15) is 17.1 Å². The molecule has 0 atom stereocenters. The first-order chi connectivity index (χ1) is 10.7. The van der Waals surface area contributed by atoms with Crippen LogP contribution in [0.1, 0.15) is 11.1 Å². The summed E-state index contributed by atoms with van der Waals surface area (Å²) in [4.78, 5) is 23.8. The molecular weight excluding hydrogens is 280 g/mol. The average molecular weight is 294 g/mol. The Hall–Kier alpha value is -2.95. The Morgan fingerprint density at radius 2 is 1.77 bits per heavy atom. The van der Waals surface area contributed by atoms with Crippen molar-refractivity contribution in [1.82, 2.24) is 0 Å². The van der Waals surface area contributed by atoms with Crippen molar-refractivity contribution in [2.75, 3.05) is 18.1 Å². The third-order valence-corrected chi connectivity index (χ3v) is 3.56. The minimum atomic E-state index is -1.29. The number of carboxylic acids is 1. The number of hydrazine groups is 1. The maximum absolute atomic E-state index is 12.2. The van der Waals surface area contributed by atoms with Crippen LogP contribution >= 0.6 is 0 Å². The molecule has 0 saturated carbocycles. The lowest BCUT2D eigenvalue weighted by molar-refractivity contribution is -0.551. The predicted octanol–water partition coefficient (Wildman–Crippen LogP) is 1.38. The Kier molecular flexibility index (Phi) is 3.70. The summed E-state index contributed by atoms with van der Waals surface area (Å²) < 4.78 is 0. The van der Waals surface area contributed by atoms with Gasteiger partial charge in [0.15, 0.2) is 0 Å². The van der Waals surface area contributed by atoms with E-state index in [1.54, 1.807) is 12.1 Å². The zero-order chi connectivity index (χ0) is 15.5. The number of carboxylic acid groups (broad SMARTS) is 1. The number of hydrogen-bond acceptors (Lipinski definition) is 3. The Labute approximate surface area is 127 Å². The third-order valence-electron chi connectivity index (χ3n) is 3.56. The van der Waals surface area contributed by atoms with Gasteiger partial charge >= 0.3 is 0 Å². The quantitative estimate of drug-likeness (QED) is 0.802. The summed E-state index contributed by atoms with van der Waals surface area (Å²) in [5.74, 6) is -1.29. The van der Waals surface area contributed by atoms with Crippen LogP contribution in [0.2, 0.25) is 0 Å². The van der Waals surface area contributed by atoms with E-state index in [-0.39, 0.29) is 6.54 Å². The van der Waals surface area contributed by atoms with Gasteiger partial charge in [-0.1, -0.05) is 48.5 Å². The molecule has 2 aromatic carbocycles. The summed E-state index contributed by atoms with van der Waals surface area (Å²) in [5, 5.41) is 12.1. The fourth-order valence-corrected chi connectivity index (χ4v) is 2.60. The van der Waals surface area contributed by atoms with E-state index in [0.717, 1.165) is 16.7 Å². The fourth-order valence-electron chi connectivity index (χ4n) is 2.60. The highest BCUT2D eigenvalue weighted by atomic mass is 16.4. The minimum Gasteiger partial charge on any atom is -0.548 e. The summed E-state index contributed by atoms with van der Waals surface area (Å²) >= 11 is 0. The largest absolute Gasteiger partial charge is 0.548 e. The molecule has 110 valence electrons. The van der Waals surface area contributed by atoms with Crippen LogP contribution < -0.4 is 10.1 Å². The molecule has 0 amide bonds. The van der Waals surface area contributed by atoms with Crippen molar-refractivity contribution >= 4 is 17.2 Å². The Bertz CT molecular complexity index is 754. The summed E-state index contributed by atoms with van der Waals surface area (Å²) in [5.41, 5.74) is 3.29. The molecule has 5 nitrogen and oxygen atoms in total. The van der Waals surface area contributed by atoms with Crippen LogP contribution in [-0.4, -0.2) is 23.9 Å². The Morgan fingerprint density at radius 1 is 1.09 bits per heavy atom. The molecule has 0 spiro atoms. The van der Waals surface area contributed by atoms with Crippen molar-refractivity contribution in [3.8, 4) is 0 Å². The van der Waals surface area contributed by atoms with Crippen molar-refractivity contribution in [2.24, 2.45) is 0 Å². The van der Waals surface area contributed by atoms with Crippen molar-refractivity contribution in [2.45, 2.75) is 0 Å². The van der Waals surface area contributed by atoms with E-state index in [2.05, 4.69) is 0 Å². The molecule has 0 saturated heterocycles. The van der Waals surface area contributed by atoms with Crippen LogP contribution in [0.5, 0.6) is 0 Å². The van der Waals surface area contributed by atoms with Crippen LogP contribution in [0.4, 0.5) is 5.69 Å². The number of para-hydroxylation sites is 1. The van der Waals surface area contributed by atoms with Gasteiger partial charge in [0, 0.05) is 5.56 Å². The second kappa shape index (κ2) is 5.81. The van der Waals surface area contributed by atoms with Gasteiger partial charge in [0.25, 0.3) is 0 Å². The number of nitrogens with zero attached hydrogens (tertiary/aromatic N) is 2. The van der Waals surface area contributed by atoms with Crippen molar-refractivity contribution in [1.29, 1.82) is 0 Å². The molecule has 2 aromatic rings. The SMILES string of the molecule is O=C([O-])CN1c2ccccc2C(c2ccccc2)=CC[N+]1=O. The lowest BCUT2D eigenvalue weighted by atomic mass is 9.96. The highest BCUT2D eigenvalue weighted by Crippen LogP contribution is 2.33. The van der Waals surface area contributed by atoms with Crippen LogP contribution in [0.15, 0.2) is 60.7 Å². The van der Waals surface area contributed by atoms with E-state index in [9.17, 15) is 14.8 Å². The second-order valence-electron chi connectivity index (χ2n) is 4.97. The molecule has 0 N–H and O–H groups in total. The first-order valence-electron chi connectivity index (χ1n) is 6.94. The molecule has 0 aliphatic carbocycles. The maximum atomic E-state index is 12.2. The van der Waals surface area contributed by atoms with Gasteiger partial charge in [-0.25, -0.2) is 0 Å². The molecule has 0 unspecified atom stereocenters. The first kappa shape index (κ1) is 14.0.